The van der Waals surface area contributed by atoms with E-state index in [0.717, 1.165) is 31.8 Å². The quantitative estimate of drug-likeness (QED) is 0.137. The van der Waals surface area contributed by atoms with E-state index in [1.165, 1.54) is 30.6 Å². The lowest BCUT2D eigenvalue weighted by atomic mass is 10.1. The maximum atomic E-state index is 14.8. The van der Waals surface area contributed by atoms with E-state index in [1.807, 2.05) is 0 Å². The Kier molecular flexibility index (Phi) is 9.00. The molecule has 5 rings (SSSR count). The van der Waals surface area contributed by atoms with E-state index >= 15 is 0 Å². The second kappa shape index (κ2) is 13.0. The van der Waals surface area contributed by atoms with E-state index < -0.39 is 33.7 Å². The second-order valence-corrected chi connectivity index (χ2v) is 9.75. The molecule has 0 bridgehead atoms. The lowest BCUT2D eigenvalue weighted by Gasteiger charge is -2.26. The van der Waals surface area contributed by atoms with E-state index in [0.29, 0.717) is 48.6 Å². The van der Waals surface area contributed by atoms with Crippen molar-refractivity contribution < 1.29 is 28.0 Å². The predicted molar refractivity (Wildman–Crippen MR) is 153 cm³/mol. The highest BCUT2D eigenvalue weighted by atomic mass is 35.5. The van der Waals surface area contributed by atoms with Gasteiger partial charge in [-0.2, -0.15) is 4.39 Å². The third-order valence-corrected chi connectivity index (χ3v) is 6.86. The summed E-state index contributed by atoms with van der Waals surface area (Å²) in [5.41, 5.74) is -0.248. The largest absolute Gasteiger partial charge is 0.491 e. The summed E-state index contributed by atoms with van der Waals surface area (Å²) in [6.45, 7) is 4.11. The number of nitrogens with zero attached hydrogens (tertiary/aromatic N) is 4. The average molecular weight is 599 g/mol. The van der Waals surface area contributed by atoms with Crippen molar-refractivity contribution in [1.29, 1.82) is 0 Å². The van der Waals surface area contributed by atoms with Crippen LogP contribution in [0.15, 0.2) is 54.9 Å². The SMILES string of the molecule is O=C(Nc1cc2c(Nc3ccc(F)c(Cl)c3)ncnc2cc1OCCCN1CCOCC1)c1cccc([N+](=O)[O-])c1F. The van der Waals surface area contributed by atoms with Gasteiger partial charge < -0.3 is 20.1 Å². The number of carbonyl (C=O) groups is 1. The summed E-state index contributed by atoms with van der Waals surface area (Å²) in [4.78, 5) is 34.3. The molecule has 42 heavy (non-hydrogen) atoms. The minimum atomic E-state index is -1.26. The van der Waals surface area contributed by atoms with Crippen LogP contribution in [0.2, 0.25) is 5.02 Å². The van der Waals surface area contributed by atoms with E-state index in [-0.39, 0.29) is 16.5 Å². The predicted octanol–water partition coefficient (Wildman–Crippen LogP) is 5.57. The van der Waals surface area contributed by atoms with Gasteiger partial charge in [0.1, 0.15) is 23.7 Å². The summed E-state index contributed by atoms with van der Waals surface area (Å²) < 4.78 is 39.9. The minimum absolute atomic E-state index is 0.0851. The number of halogens is 3. The van der Waals surface area contributed by atoms with Crippen molar-refractivity contribution in [3.8, 4) is 5.75 Å². The molecular weight excluding hydrogens is 574 g/mol. The first-order chi connectivity index (χ1) is 20.3. The Labute approximate surface area is 243 Å². The Balaban J connectivity index is 1.45. The van der Waals surface area contributed by atoms with Crippen LogP contribution in [0.4, 0.5) is 31.7 Å². The Morgan fingerprint density at radius 3 is 2.71 bits per heavy atom. The van der Waals surface area contributed by atoms with Crippen LogP contribution in [0.1, 0.15) is 16.8 Å². The van der Waals surface area contributed by atoms with Gasteiger partial charge in [-0.25, -0.2) is 14.4 Å². The number of anilines is 3. The van der Waals surface area contributed by atoms with Gasteiger partial charge in [-0.1, -0.05) is 17.7 Å². The lowest BCUT2D eigenvalue weighted by Crippen LogP contribution is -2.37. The van der Waals surface area contributed by atoms with Crippen LogP contribution in [0.25, 0.3) is 10.9 Å². The number of hydrogen-bond donors (Lipinski definition) is 2. The highest BCUT2D eigenvalue weighted by molar-refractivity contribution is 6.31. The second-order valence-electron chi connectivity index (χ2n) is 9.35. The first-order valence-corrected chi connectivity index (χ1v) is 13.4. The molecule has 0 atom stereocenters. The van der Waals surface area contributed by atoms with Gasteiger partial charge in [-0.15, -0.1) is 0 Å². The zero-order valence-corrected chi connectivity index (χ0v) is 22.9. The van der Waals surface area contributed by atoms with E-state index in [9.17, 15) is 23.7 Å². The molecule has 0 spiro atoms. The monoisotopic (exact) mass is 598 g/mol. The van der Waals surface area contributed by atoms with Crippen molar-refractivity contribution in [1.82, 2.24) is 14.9 Å². The van der Waals surface area contributed by atoms with Gasteiger partial charge in [-0.3, -0.25) is 19.8 Å². The summed E-state index contributed by atoms with van der Waals surface area (Å²) >= 11 is 5.92. The molecule has 2 N–H and O–H groups in total. The van der Waals surface area contributed by atoms with Crippen LogP contribution in [0.5, 0.6) is 5.75 Å². The first kappa shape index (κ1) is 29.0. The molecule has 2 heterocycles. The molecule has 11 nitrogen and oxygen atoms in total. The molecule has 3 aromatic carbocycles. The van der Waals surface area contributed by atoms with Gasteiger partial charge in [0.25, 0.3) is 5.91 Å². The smallest absolute Gasteiger partial charge is 0.305 e. The fourth-order valence-electron chi connectivity index (χ4n) is 4.43. The van der Waals surface area contributed by atoms with Gasteiger partial charge in [0.15, 0.2) is 0 Å². The van der Waals surface area contributed by atoms with Crippen molar-refractivity contribution in [3.63, 3.8) is 0 Å². The zero-order valence-electron chi connectivity index (χ0n) is 22.1. The van der Waals surface area contributed by atoms with Crippen molar-refractivity contribution >= 4 is 51.3 Å². The number of rotatable bonds is 10. The number of nitrogens with one attached hydrogen (secondary N) is 2. The standard InChI is InChI=1S/C28H25ClF2N6O5/c29-20-13-17(5-6-21(20)30)34-27-19-14-23(35-28(38)18-3-1-4-24(26(18)31)37(39)40)25(15-22(19)32-16-33-27)42-10-2-7-36-8-11-41-12-9-36/h1,3-6,13-16H,2,7-12H2,(H,35,38)(H,32,33,34). The van der Waals surface area contributed by atoms with Crippen molar-refractivity contribution in [2.24, 2.45) is 0 Å². The normalized spacial score (nSPS) is 13.6. The lowest BCUT2D eigenvalue weighted by molar-refractivity contribution is -0.387. The Bertz CT molecular complexity index is 1640. The Hall–Kier alpha value is -4.46. The number of ether oxygens (including phenoxy) is 2. The summed E-state index contributed by atoms with van der Waals surface area (Å²) in [7, 11) is 0. The first-order valence-electron chi connectivity index (χ1n) is 13.0. The fraction of sp³-hybridized carbons (Fsp3) is 0.250. The number of hydrogen-bond acceptors (Lipinski definition) is 9. The highest BCUT2D eigenvalue weighted by Crippen LogP contribution is 2.34. The summed E-state index contributed by atoms with van der Waals surface area (Å²) in [5, 5.41) is 17.2. The molecule has 1 aromatic heterocycles. The van der Waals surface area contributed by atoms with E-state index in [1.54, 1.807) is 12.1 Å². The summed E-state index contributed by atoms with van der Waals surface area (Å²) in [6.07, 6.45) is 2.02. The molecular formula is C28H25ClF2N6O5. The molecule has 1 amide bonds. The van der Waals surface area contributed by atoms with Crippen molar-refractivity contribution in [2.75, 3.05) is 50.1 Å². The maximum Gasteiger partial charge on any atom is 0.305 e. The van der Waals surface area contributed by atoms with Gasteiger partial charge in [-0.05, 0) is 36.8 Å². The van der Waals surface area contributed by atoms with Crippen LogP contribution in [0, 0.1) is 21.7 Å². The summed E-state index contributed by atoms with van der Waals surface area (Å²) in [5.74, 6) is -2.17. The highest BCUT2D eigenvalue weighted by Gasteiger charge is 2.23. The van der Waals surface area contributed by atoms with Crippen LogP contribution in [-0.2, 0) is 4.74 Å². The average Bonchev–Trinajstić information content (AvgIpc) is 2.98. The number of carbonyl (C=O) groups excluding carboxylic acids is 1. The number of benzene rings is 3. The number of aromatic nitrogens is 2. The molecule has 0 saturated carbocycles. The van der Waals surface area contributed by atoms with Gasteiger partial charge in [0.2, 0.25) is 5.82 Å². The molecule has 1 saturated heterocycles. The molecule has 14 heteroatoms. The van der Waals surface area contributed by atoms with Crippen LogP contribution in [-0.4, -0.2) is 65.2 Å². The molecule has 218 valence electrons. The van der Waals surface area contributed by atoms with Crippen LogP contribution < -0.4 is 15.4 Å². The van der Waals surface area contributed by atoms with Crippen LogP contribution in [0.3, 0.4) is 0 Å². The van der Waals surface area contributed by atoms with Crippen LogP contribution >= 0.6 is 11.6 Å². The maximum absolute atomic E-state index is 14.8. The Morgan fingerprint density at radius 2 is 1.95 bits per heavy atom. The molecule has 0 radical (unpaired) electrons. The zero-order chi connectivity index (χ0) is 29.6. The van der Waals surface area contributed by atoms with Gasteiger partial charge in [0, 0.05) is 42.8 Å². The topological polar surface area (TPSA) is 132 Å². The van der Waals surface area contributed by atoms with Crippen molar-refractivity contribution in [3.05, 3.63) is 87.2 Å². The number of nitro groups is 1. The van der Waals surface area contributed by atoms with E-state index in [2.05, 4.69) is 25.5 Å². The number of nitro benzene ring substituents is 1. The number of fused-ring (bicyclic) bond motifs is 1. The van der Waals surface area contributed by atoms with Gasteiger partial charge in [0.05, 0.1) is 46.5 Å². The van der Waals surface area contributed by atoms with E-state index in [4.69, 9.17) is 21.1 Å². The molecule has 0 aliphatic carbocycles. The van der Waals surface area contributed by atoms with Crippen molar-refractivity contribution in [2.45, 2.75) is 6.42 Å². The van der Waals surface area contributed by atoms with Gasteiger partial charge >= 0.3 is 5.69 Å². The summed E-state index contributed by atoms with van der Waals surface area (Å²) in [6, 6.07) is 10.6. The molecule has 1 aliphatic heterocycles. The molecule has 0 unspecified atom stereocenters. The molecule has 1 fully saturated rings. The molecule has 4 aromatic rings. The minimum Gasteiger partial charge on any atom is -0.491 e. The Morgan fingerprint density at radius 1 is 1.14 bits per heavy atom. The third kappa shape index (κ3) is 6.70. The third-order valence-electron chi connectivity index (χ3n) is 6.57. The fourth-order valence-corrected chi connectivity index (χ4v) is 4.61. The number of amides is 1. The number of morpholine rings is 1. The molecule has 1 aliphatic rings.